The van der Waals surface area contributed by atoms with Crippen molar-refractivity contribution in [3.63, 3.8) is 0 Å². The first-order chi connectivity index (χ1) is 16.8. The van der Waals surface area contributed by atoms with Gasteiger partial charge in [0.25, 0.3) is 0 Å². The van der Waals surface area contributed by atoms with E-state index in [0.29, 0.717) is 17.5 Å². The molecule has 0 atom stereocenters. The van der Waals surface area contributed by atoms with Crippen LogP contribution in [0.4, 0.5) is 5.69 Å². The van der Waals surface area contributed by atoms with Gasteiger partial charge in [0.15, 0.2) is 11.0 Å². The summed E-state index contributed by atoms with van der Waals surface area (Å²) in [6.07, 6.45) is 3.53. The standard InChI is InChI=1S/C28H36N4O2S/c1-7-17-32-24(18-34-23-15-13-22(14-16-23)28(4,5)6)30-31-27(32)35-19-25(33)29-26-20(8-2)11-10-12-21(26)9-3/h7,10-16H,1,8-9,17-19H2,2-6H3,(H,29,33). The second-order valence-corrected chi connectivity index (χ2v) is 10.3. The fourth-order valence-corrected chi connectivity index (χ4v) is 4.52. The maximum Gasteiger partial charge on any atom is 0.234 e. The number of carbonyl (C=O) groups excluding carboxylic acids is 1. The first-order valence-electron chi connectivity index (χ1n) is 12.1. The van der Waals surface area contributed by atoms with Crippen molar-refractivity contribution in [3.05, 3.63) is 77.6 Å². The normalized spacial score (nSPS) is 11.3. The van der Waals surface area contributed by atoms with Gasteiger partial charge in [-0.25, -0.2) is 0 Å². The van der Waals surface area contributed by atoms with E-state index in [1.165, 1.54) is 17.3 Å². The highest BCUT2D eigenvalue weighted by Crippen LogP contribution is 2.26. The summed E-state index contributed by atoms with van der Waals surface area (Å²) in [5.74, 6) is 1.65. The average molecular weight is 493 g/mol. The van der Waals surface area contributed by atoms with Crippen molar-refractivity contribution in [2.45, 2.75) is 71.2 Å². The lowest BCUT2D eigenvalue weighted by molar-refractivity contribution is -0.113. The Morgan fingerprint density at radius 1 is 1.09 bits per heavy atom. The number of allylic oxidation sites excluding steroid dienone is 1. The maximum absolute atomic E-state index is 12.8. The zero-order valence-corrected chi connectivity index (χ0v) is 22.2. The summed E-state index contributed by atoms with van der Waals surface area (Å²) < 4.78 is 7.91. The van der Waals surface area contributed by atoms with Crippen molar-refractivity contribution in [1.82, 2.24) is 14.8 Å². The molecule has 6 nitrogen and oxygen atoms in total. The number of nitrogens with zero attached hydrogens (tertiary/aromatic N) is 3. The van der Waals surface area contributed by atoms with Crippen molar-refractivity contribution in [3.8, 4) is 5.75 Å². The number of hydrogen-bond acceptors (Lipinski definition) is 5. The number of benzene rings is 2. The van der Waals surface area contributed by atoms with Crippen LogP contribution in [-0.2, 0) is 36.2 Å². The molecule has 0 aliphatic heterocycles. The minimum absolute atomic E-state index is 0.0597. The highest BCUT2D eigenvalue weighted by Gasteiger charge is 2.16. The molecule has 1 amide bonds. The van der Waals surface area contributed by atoms with Crippen LogP contribution in [0.25, 0.3) is 0 Å². The van der Waals surface area contributed by atoms with Gasteiger partial charge < -0.3 is 10.1 Å². The minimum atomic E-state index is -0.0597. The third-order valence-corrected chi connectivity index (χ3v) is 6.76. The van der Waals surface area contributed by atoms with Gasteiger partial charge in [-0.3, -0.25) is 9.36 Å². The largest absolute Gasteiger partial charge is 0.486 e. The van der Waals surface area contributed by atoms with E-state index < -0.39 is 0 Å². The topological polar surface area (TPSA) is 69.0 Å². The third kappa shape index (κ3) is 6.98. The minimum Gasteiger partial charge on any atom is -0.486 e. The number of hydrogen-bond donors (Lipinski definition) is 1. The summed E-state index contributed by atoms with van der Waals surface area (Å²) in [6, 6.07) is 14.3. The molecule has 1 N–H and O–H groups in total. The van der Waals surface area contributed by atoms with Crippen LogP contribution in [0.2, 0.25) is 0 Å². The Morgan fingerprint density at radius 2 is 1.74 bits per heavy atom. The number of carbonyl (C=O) groups is 1. The summed E-state index contributed by atoms with van der Waals surface area (Å²) in [5.41, 5.74) is 4.57. The molecule has 0 aliphatic rings. The lowest BCUT2D eigenvalue weighted by Gasteiger charge is -2.19. The van der Waals surface area contributed by atoms with Crippen LogP contribution in [0.5, 0.6) is 5.75 Å². The van der Waals surface area contributed by atoms with E-state index in [0.717, 1.165) is 35.4 Å². The summed E-state index contributed by atoms with van der Waals surface area (Å²) in [6.45, 7) is 15.4. The molecular formula is C28H36N4O2S. The van der Waals surface area contributed by atoms with Gasteiger partial charge in [0, 0.05) is 12.2 Å². The van der Waals surface area contributed by atoms with Crippen LogP contribution in [-0.4, -0.2) is 26.4 Å². The van der Waals surface area contributed by atoms with Gasteiger partial charge in [-0.1, -0.05) is 82.8 Å². The Bertz CT molecular complexity index is 1120. The number of anilines is 1. The number of amides is 1. The first-order valence-corrected chi connectivity index (χ1v) is 13.0. The molecule has 2 aromatic carbocycles. The smallest absolute Gasteiger partial charge is 0.234 e. The monoisotopic (exact) mass is 492 g/mol. The van der Waals surface area contributed by atoms with Crippen LogP contribution in [0, 0.1) is 0 Å². The van der Waals surface area contributed by atoms with Gasteiger partial charge >= 0.3 is 0 Å². The third-order valence-electron chi connectivity index (χ3n) is 5.79. The van der Waals surface area contributed by atoms with E-state index in [-0.39, 0.29) is 23.7 Å². The summed E-state index contributed by atoms with van der Waals surface area (Å²) >= 11 is 1.36. The zero-order valence-electron chi connectivity index (χ0n) is 21.4. The Labute approximate surface area is 213 Å². The second-order valence-electron chi connectivity index (χ2n) is 9.36. The molecule has 0 spiro atoms. The van der Waals surface area contributed by atoms with Gasteiger partial charge in [0.1, 0.15) is 12.4 Å². The van der Waals surface area contributed by atoms with Gasteiger partial charge in [0.2, 0.25) is 5.91 Å². The van der Waals surface area contributed by atoms with E-state index in [1.54, 1.807) is 6.08 Å². The predicted octanol–water partition coefficient (Wildman–Crippen LogP) is 6.20. The van der Waals surface area contributed by atoms with Crippen molar-refractivity contribution in [2.24, 2.45) is 0 Å². The molecular weight excluding hydrogens is 456 g/mol. The fourth-order valence-electron chi connectivity index (χ4n) is 3.75. The van der Waals surface area contributed by atoms with Crippen molar-refractivity contribution in [1.29, 1.82) is 0 Å². The van der Waals surface area contributed by atoms with E-state index in [2.05, 4.69) is 81.0 Å². The van der Waals surface area contributed by atoms with Crippen LogP contribution in [0.1, 0.15) is 57.1 Å². The number of para-hydroxylation sites is 1. The van der Waals surface area contributed by atoms with Gasteiger partial charge in [-0.2, -0.15) is 0 Å². The maximum atomic E-state index is 12.8. The molecule has 1 aromatic heterocycles. The molecule has 0 bridgehead atoms. The number of rotatable bonds is 11. The van der Waals surface area contributed by atoms with Crippen molar-refractivity contribution >= 4 is 23.4 Å². The Morgan fingerprint density at radius 3 is 2.31 bits per heavy atom. The Balaban J connectivity index is 1.64. The van der Waals surface area contributed by atoms with E-state index >= 15 is 0 Å². The molecule has 0 fully saturated rings. The van der Waals surface area contributed by atoms with Gasteiger partial charge in [0.05, 0.1) is 5.75 Å². The Kier molecular flexibility index (Phi) is 9.15. The SMILES string of the molecule is C=CCn1c(COc2ccc(C(C)(C)C)cc2)nnc1SCC(=O)Nc1c(CC)cccc1CC. The van der Waals surface area contributed by atoms with Crippen LogP contribution >= 0.6 is 11.8 Å². The highest BCUT2D eigenvalue weighted by atomic mass is 32.2. The molecule has 0 saturated carbocycles. The molecule has 3 rings (SSSR count). The average Bonchev–Trinajstić information content (AvgIpc) is 3.22. The zero-order chi connectivity index (χ0) is 25.4. The predicted molar refractivity (Wildman–Crippen MR) is 144 cm³/mol. The molecule has 0 unspecified atom stereocenters. The summed E-state index contributed by atoms with van der Waals surface area (Å²) in [5, 5.41) is 12.4. The molecule has 35 heavy (non-hydrogen) atoms. The first kappa shape index (κ1) is 26.5. The molecule has 186 valence electrons. The number of aryl methyl sites for hydroxylation is 2. The quantitative estimate of drug-likeness (QED) is 0.255. The lowest BCUT2D eigenvalue weighted by atomic mass is 9.87. The lowest BCUT2D eigenvalue weighted by Crippen LogP contribution is -2.17. The van der Waals surface area contributed by atoms with Gasteiger partial charge in [-0.15, -0.1) is 16.8 Å². The Hall–Kier alpha value is -3.06. The highest BCUT2D eigenvalue weighted by molar-refractivity contribution is 7.99. The molecule has 7 heteroatoms. The molecule has 0 radical (unpaired) electrons. The van der Waals surface area contributed by atoms with Crippen LogP contribution in [0.15, 0.2) is 60.3 Å². The number of thioether (sulfide) groups is 1. The van der Waals surface area contributed by atoms with Crippen molar-refractivity contribution < 1.29 is 9.53 Å². The molecule has 3 aromatic rings. The molecule has 0 aliphatic carbocycles. The van der Waals surface area contributed by atoms with Crippen molar-refractivity contribution in [2.75, 3.05) is 11.1 Å². The van der Waals surface area contributed by atoms with E-state index in [1.807, 2.05) is 22.8 Å². The molecule has 1 heterocycles. The number of ether oxygens (including phenoxy) is 1. The van der Waals surface area contributed by atoms with Crippen LogP contribution < -0.4 is 10.1 Å². The van der Waals surface area contributed by atoms with Gasteiger partial charge in [-0.05, 0) is 47.1 Å². The van der Waals surface area contributed by atoms with E-state index in [9.17, 15) is 4.79 Å². The molecule has 0 saturated heterocycles. The fraction of sp³-hybridized carbons (Fsp3) is 0.393. The van der Waals surface area contributed by atoms with Crippen LogP contribution in [0.3, 0.4) is 0 Å². The number of nitrogens with one attached hydrogen (secondary N) is 1. The second kappa shape index (κ2) is 12.1. The summed E-state index contributed by atoms with van der Waals surface area (Å²) in [4.78, 5) is 12.8. The van der Waals surface area contributed by atoms with E-state index in [4.69, 9.17) is 4.74 Å². The summed E-state index contributed by atoms with van der Waals surface area (Å²) in [7, 11) is 0. The number of aromatic nitrogens is 3.